The Labute approximate surface area is 133 Å². The van der Waals surface area contributed by atoms with Gasteiger partial charge in [-0.2, -0.15) is 0 Å². The quantitative estimate of drug-likeness (QED) is 0.785. The maximum atomic E-state index is 11.9. The zero-order valence-corrected chi connectivity index (χ0v) is 12.8. The number of carbonyl (C=O) groups excluding carboxylic acids is 2. The fourth-order valence-electron chi connectivity index (χ4n) is 1.77. The van der Waals surface area contributed by atoms with Gasteiger partial charge < -0.3 is 9.47 Å². The molecule has 2 rings (SSSR count). The Hall–Kier alpha value is -2.33. The fraction of sp³-hybridized carbons (Fsp3) is 0.176. The summed E-state index contributed by atoms with van der Waals surface area (Å²) in [7, 11) is 0. The molecule has 0 atom stereocenters. The van der Waals surface area contributed by atoms with Gasteiger partial charge in [-0.1, -0.05) is 23.7 Å². The summed E-state index contributed by atoms with van der Waals surface area (Å²) >= 11 is 5.76. The van der Waals surface area contributed by atoms with Crippen molar-refractivity contribution in [3.05, 3.63) is 70.2 Å². The van der Waals surface area contributed by atoms with Crippen molar-refractivity contribution in [2.75, 3.05) is 6.61 Å². The minimum absolute atomic E-state index is 0.130. The molecule has 22 heavy (non-hydrogen) atoms. The van der Waals surface area contributed by atoms with E-state index in [1.54, 1.807) is 55.5 Å². The van der Waals surface area contributed by atoms with Gasteiger partial charge in [-0.05, 0) is 48.9 Å². The third-order valence-corrected chi connectivity index (χ3v) is 3.17. The highest BCUT2D eigenvalue weighted by Crippen LogP contribution is 2.12. The van der Waals surface area contributed by atoms with Gasteiger partial charge in [0, 0.05) is 5.02 Å². The van der Waals surface area contributed by atoms with E-state index >= 15 is 0 Å². The van der Waals surface area contributed by atoms with Gasteiger partial charge in [0.15, 0.2) is 0 Å². The molecule has 0 bridgehead atoms. The summed E-state index contributed by atoms with van der Waals surface area (Å²) in [6, 6.07) is 13.2. The van der Waals surface area contributed by atoms with Gasteiger partial charge in [0.1, 0.15) is 6.61 Å². The number of rotatable bonds is 5. The smallest absolute Gasteiger partial charge is 0.338 e. The van der Waals surface area contributed by atoms with Crippen LogP contribution in [-0.2, 0) is 16.1 Å². The van der Waals surface area contributed by atoms with Gasteiger partial charge in [-0.3, -0.25) is 0 Å². The van der Waals surface area contributed by atoms with Crippen LogP contribution in [0.15, 0.2) is 48.5 Å². The molecular weight excluding hydrogens is 304 g/mol. The SMILES string of the molecule is CCOC(=O)c1ccc(COC(=O)c2ccc(Cl)cc2)cc1. The standard InChI is InChI=1S/C17H15ClO4/c1-2-21-16(19)13-5-3-12(4-6-13)11-22-17(20)14-7-9-15(18)10-8-14/h3-10H,2,11H2,1H3. The van der Waals surface area contributed by atoms with E-state index in [-0.39, 0.29) is 12.6 Å². The summed E-state index contributed by atoms with van der Waals surface area (Å²) in [5.74, 6) is -0.793. The first-order valence-electron chi connectivity index (χ1n) is 6.79. The summed E-state index contributed by atoms with van der Waals surface area (Å²) in [6.45, 7) is 2.21. The van der Waals surface area contributed by atoms with Gasteiger partial charge in [-0.25, -0.2) is 9.59 Å². The lowest BCUT2D eigenvalue weighted by molar-refractivity contribution is 0.0469. The second-order valence-electron chi connectivity index (χ2n) is 4.50. The Morgan fingerprint density at radius 3 is 1.91 bits per heavy atom. The maximum absolute atomic E-state index is 11.9. The fourth-order valence-corrected chi connectivity index (χ4v) is 1.90. The molecule has 0 fully saturated rings. The average Bonchev–Trinajstić information content (AvgIpc) is 2.54. The number of halogens is 1. The number of carbonyl (C=O) groups is 2. The zero-order chi connectivity index (χ0) is 15.9. The number of ether oxygens (including phenoxy) is 2. The molecule has 2 aromatic rings. The van der Waals surface area contributed by atoms with Crippen molar-refractivity contribution in [1.82, 2.24) is 0 Å². The topological polar surface area (TPSA) is 52.6 Å². The predicted molar refractivity (Wildman–Crippen MR) is 83.0 cm³/mol. The molecule has 114 valence electrons. The van der Waals surface area contributed by atoms with Crippen LogP contribution in [0.3, 0.4) is 0 Å². The molecule has 0 aliphatic carbocycles. The van der Waals surface area contributed by atoms with E-state index < -0.39 is 5.97 Å². The minimum atomic E-state index is -0.425. The van der Waals surface area contributed by atoms with Crippen LogP contribution >= 0.6 is 11.6 Å². The molecular formula is C17H15ClO4. The molecule has 5 heteroatoms. The van der Waals surface area contributed by atoms with Crippen LogP contribution < -0.4 is 0 Å². The minimum Gasteiger partial charge on any atom is -0.462 e. The highest BCUT2D eigenvalue weighted by Gasteiger charge is 2.09. The van der Waals surface area contributed by atoms with Crippen LogP contribution in [0.4, 0.5) is 0 Å². The average molecular weight is 319 g/mol. The summed E-state index contributed by atoms with van der Waals surface area (Å²) in [4.78, 5) is 23.4. The molecule has 0 saturated heterocycles. The summed E-state index contributed by atoms with van der Waals surface area (Å²) < 4.78 is 10.1. The van der Waals surface area contributed by atoms with Crippen molar-refractivity contribution in [3.8, 4) is 0 Å². The summed E-state index contributed by atoms with van der Waals surface area (Å²) in [5.41, 5.74) is 1.69. The van der Waals surface area contributed by atoms with Gasteiger partial charge >= 0.3 is 11.9 Å². The maximum Gasteiger partial charge on any atom is 0.338 e. The van der Waals surface area contributed by atoms with Crippen LogP contribution in [0.5, 0.6) is 0 Å². The molecule has 0 aliphatic heterocycles. The van der Waals surface area contributed by atoms with Crippen molar-refractivity contribution in [3.63, 3.8) is 0 Å². The predicted octanol–water partition coefficient (Wildman–Crippen LogP) is 3.87. The van der Waals surface area contributed by atoms with Crippen molar-refractivity contribution in [2.45, 2.75) is 13.5 Å². The first-order chi connectivity index (χ1) is 10.6. The number of benzene rings is 2. The third-order valence-electron chi connectivity index (χ3n) is 2.91. The first-order valence-corrected chi connectivity index (χ1v) is 7.16. The van der Waals surface area contributed by atoms with Crippen molar-refractivity contribution in [1.29, 1.82) is 0 Å². The van der Waals surface area contributed by atoms with Gasteiger partial charge in [0.25, 0.3) is 0 Å². The summed E-state index contributed by atoms with van der Waals surface area (Å²) in [5, 5.41) is 0.561. The lowest BCUT2D eigenvalue weighted by atomic mass is 10.1. The van der Waals surface area contributed by atoms with Gasteiger partial charge in [-0.15, -0.1) is 0 Å². The van der Waals surface area contributed by atoms with Gasteiger partial charge in [0.2, 0.25) is 0 Å². The zero-order valence-electron chi connectivity index (χ0n) is 12.0. The Kier molecular flexibility index (Phi) is 5.55. The number of hydrogen-bond acceptors (Lipinski definition) is 4. The molecule has 4 nitrogen and oxygen atoms in total. The molecule has 0 radical (unpaired) electrons. The van der Waals surface area contributed by atoms with E-state index in [1.165, 1.54) is 0 Å². The van der Waals surface area contributed by atoms with Crippen LogP contribution in [0.2, 0.25) is 5.02 Å². The second kappa shape index (κ2) is 7.61. The van der Waals surface area contributed by atoms with E-state index in [0.29, 0.717) is 22.8 Å². The molecule has 0 aromatic heterocycles. The second-order valence-corrected chi connectivity index (χ2v) is 4.94. The largest absolute Gasteiger partial charge is 0.462 e. The molecule has 0 N–H and O–H groups in total. The molecule has 0 spiro atoms. The Balaban J connectivity index is 1.92. The lowest BCUT2D eigenvalue weighted by Gasteiger charge is -2.06. The van der Waals surface area contributed by atoms with Crippen molar-refractivity contribution >= 4 is 23.5 Å². The van der Waals surface area contributed by atoms with Crippen LogP contribution in [0, 0.1) is 0 Å². The molecule has 0 heterocycles. The monoisotopic (exact) mass is 318 g/mol. The van der Waals surface area contributed by atoms with Crippen LogP contribution in [0.1, 0.15) is 33.2 Å². The number of hydrogen-bond donors (Lipinski definition) is 0. The van der Waals surface area contributed by atoms with Crippen molar-refractivity contribution < 1.29 is 19.1 Å². The first kappa shape index (κ1) is 16.0. The number of esters is 2. The molecule has 0 amide bonds. The van der Waals surface area contributed by atoms with Crippen molar-refractivity contribution in [2.24, 2.45) is 0 Å². The van der Waals surface area contributed by atoms with E-state index in [1.807, 2.05) is 0 Å². The molecule has 0 unspecified atom stereocenters. The van der Waals surface area contributed by atoms with Crippen LogP contribution in [0.25, 0.3) is 0 Å². The Morgan fingerprint density at radius 2 is 1.36 bits per heavy atom. The molecule has 2 aromatic carbocycles. The van der Waals surface area contributed by atoms with E-state index in [0.717, 1.165) is 5.56 Å². The third kappa shape index (κ3) is 4.33. The lowest BCUT2D eigenvalue weighted by Crippen LogP contribution is -2.06. The molecule has 0 aliphatic rings. The van der Waals surface area contributed by atoms with E-state index in [2.05, 4.69) is 0 Å². The highest BCUT2D eigenvalue weighted by molar-refractivity contribution is 6.30. The Bertz CT molecular complexity index is 647. The summed E-state index contributed by atoms with van der Waals surface area (Å²) in [6.07, 6.45) is 0. The van der Waals surface area contributed by atoms with Gasteiger partial charge in [0.05, 0.1) is 17.7 Å². The normalized spacial score (nSPS) is 10.1. The van der Waals surface area contributed by atoms with Crippen LogP contribution in [-0.4, -0.2) is 18.5 Å². The Morgan fingerprint density at radius 1 is 0.864 bits per heavy atom. The van der Waals surface area contributed by atoms with E-state index in [4.69, 9.17) is 21.1 Å². The highest BCUT2D eigenvalue weighted by atomic mass is 35.5. The van der Waals surface area contributed by atoms with E-state index in [9.17, 15) is 9.59 Å². The molecule has 0 saturated carbocycles.